The molecule has 142 valence electrons. The first-order valence-corrected chi connectivity index (χ1v) is 8.44. The molecule has 1 aromatic carbocycles. The molecule has 2 aromatic heterocycles. The molecule has 0 aliphatic carbocycles. The van der Waals surface area contributed by atoms with Crippen LogP contribution >= 0.6 is 0 Å². The Labute approximate surface area is 153 Å². The van der Waals surface area contributed by atoms with Gasteiger partial charge in [-0.05, 0) is 42.3 Å². The lowest BCUT2D eigenvalue weighted by atomic mass is 9.99. The Morgan fingerprint density at radius 3 is 2.52 bits per heavy atom. The molecule has 5 atom stereocenters. The normalized spacial score (nSPS) is 26.6. The Kier molecular flexibility index (Phi) is 4.43. The number of halogens is 2. The summed E-state index contributed by atoms with van der Waals surface area (Å²) in [5.74, 6) is -1.71. The third kappa shape index (κ3) is 3.00. The Balaban J connectivity index is 1.67. The minimum Gasteiger partial charge on any atom is -0.387 e. The molecule has 8 heteroatoms. The van der Waals surface area contributed by atoms with Gasteiger partial charge >= 0.3 is 0 Å². The molecule has 1 saturated heterocycles. The maximum absolute atomic E-state index is 13.4. The molecule has 5 unspecified atom stereocenters. The van der Waals surface area contributed by atoms with Crippen molar-refractivity contribution in [3.63, 3.8) is 0 Å². The summed E-state index contributed by atoms with van der Waals surface area (Å²) in [6.45, 7) is 1.92. The van der Waals surface area contributed by atoms with E-state index < -0.39 is 42.3 Å². The van der Waals surface area contributed by atoms with Crippen LogP contribution in [-0.2, 0) is 4.74 Å². The van der Waals surface area contributed by atoms with Gasteiger partial charge in [-0.3, -0.25) is 0 Å². The number of aliphatic hydroxyl groups is 3. The summed E-state index contributed by atoms with van der Waals surface area (Å²) in [7, 11) is 0. The molecule has 3 N–H and O–H groups in total. The first kappa shape index (κ1) is 18.0. The van der Waals surface area contributed by atoms with Crippen LogP contribution in [0, 0.1) is 18.6 Å². The van der Waals surface area contributed by atoms with E-state index in [-0.39, 0.29) is 5.56 Å². The van der Waals surface area contributed by atoms with Crippen LogP contribution in [0.25, 0.3) is 11.0 Å². The van der Waals surface area contributed by atoms with Gasteiger partial charge in [0.1, 0.15) is 41.7 Å². The molecule has 0 radical (unpaired) electrons. The van der Waals surface area contributed by atoms with Crippen molar-refractivity contribution in [2.24, 2.45) is 0 Å². The van der Waals surface area contributed by atoms with Crippen LogP contribution in [0.1, 0.15) is 23.5 Å². The summed E-state index contributed by atoms with van der Waals surface area (Å²) < 4.78 is 34.2. The topological polar surface area (TPSA) is 87.7 Å². The Morgan fingerprint density at radius 1 is 1.11 bits per heavy atom. The van der Waals surface area contributed by atoms with Gasteiger partial charge < -0.3 is 24.6 Å². The highest BCUT2D eigenvalue weighted by atomic mass is 19.1. The van der Waals surface area contributed by atoms with Crippen LogP contribution in [0.5, 0.6) is 0 Å². The second-order valence-electron chi connectivity index (χ2n) is 6.71. The summed E-state index contributed by atoms with van der Waals surface area (Å²) in [5.41, 5.74) is 1.45. The van der Waals surface area contributed by atoms with Crippen LogP contribution in [0.3, 0.4) is 0 Å². The molecule has 1 fully saturated rings. The molecule has 6 nitrogen and oxygen atoms in total. The monoisotopic (exact) mass is 376 g/mol. The van der Waals surface area contributed by atoms with Gasteiger partial charge in [0.05, 0.1) is 0 Å². The van der Waals surface area contributed by atoms with Crippen LogP contribution in [0.2, 0.25) is 0 Å². The average Bonchev–Trinajstić information content (AvgIpc) is 3.17. The van der Waals surface area contributed by atoms with Gasteiger partial charge in [0.15, 0.2) is 6.23 Å². The summed E-state index contributed by atoms with van der Waals surface area (Å²) in [6, 6.07) is 6.25. The van der Waals surface area contributed by atoms with E-state index in [9.17, 15) is 24.1 Å². The fourth-order valence-corrected chi connectivity index (χ4v) is 3.51. The lowest BCUT2D eigenvalue weighted by Crippen LogP contribution is -2.34. The summed E-state index contributed by atoms with van der Waals surface area (Å²) >= 11 is 0. The first-order valence-electron chi connectivity index (χ1n) is 8.44. The number of aromatic nitrogens is 2. The number of fused-ring (bicyclic) bond motifs is 1. The van der Waals surface area contributed by atoms with E-state index in [0.29, 0.717) is 11.7 Å². The standard InChI is InChI=1S/C19H18F2N2O4/c1-9-2-4-22-18-13(9)3-5-23(18)19-16(26)15(25)17(27-19)14(24)10-6-11(20)8-12(21)7-10/h2-8,14-17,19,24-26H,1H3. The zero-order valence-corrected chi connectivity index (χ0v) is 14.3. The zero-order chi connectivity index (χ0) is 19.3. The average molecular weight is 376 g/mol. The smallest absolute Gasteiger partial charge is 0.164 e. The highest BCUT2D eigenvalue weighted by Gasteiger charge is 2.47. The van der Waals surface area contributed by atoms with E-state index in [2.05, 4.69) is 4.98 Å². The molecule has 0 amide bonds. The fraction of sp³-hybridized carbons (Fsp3) is 0.316. The number of nitrogens with zero attached hydrogens (tertiary/aromatic N) is 2. The fourth-order valence-electron chi connectivity index (χ4n) is 3.51. The minimum absolute atomic E-state index is 0.0873. The molecular weight excluding hydrogens is 358 g/mol. The van der Waals surface area contributed by atoms with Crippen molar-refractivity contribution in [3.8, 4) is 0 Å². The predicted molar refractivity (Wildman–Crippen MR) is 91.7 cm³/mol. The Morgan fingerprint density at radius 2 is 1.81 bits per heavy atom. The van der Waals surface area contributed by atoms with Gasteiger partial charge in [-0.1, -0.05) is 0 Å². The van der Waals surface area contributed by atoms with E-state index in [4.69, 9.17) is 4.74 Å². The van der Waals surface area contributed by atoms with Crippen molar-refractivity contribution in [2.75, 3.05) is 0 Å². The second-order valence-corrected chi connectivity index (χ2v) is 6.71. The maximum Gasteiger partial charge on any atom is 0.164 e. The highest BCUT2D eigenvalue weighted by molar-refractivity contribution is 5.79. The third-order valence-corrected chi connectivity index (χ3v) is 4.92. The van der Waals surface area contributed by atoms with Crippen molar-refractivity contribution >= 4 is 11.0 Å². The number of pyridine rings is 1. The number of rotatable bonds is 3. The van der Waals surface area contributed by atoms with Crippen LogP contribution in [0.4, 0.5) is 8.78 Å². The number of aryl methyl sites for hydroxylation is 1. The minimum atomic E-state index is -1.53. The number of ether oxygens (including phenoxy) is 1. The molecule has 0 spiro atoms. The summed E-state index contributed by atoms with van der Waals surface area (Å²) in [4.78, 5) is 4.29. The SMILES string of the molecule is Cc1ccnc2c1ccn2C1OC(C(O)c2cc(F)cc(F)c2)C(O)C1O. The number of hydrogen-bond acceptors (Lipinski definition) is 5. The van der Waals surface area contributed by atoms with Crippen molar-refractivity contribution in [2.45, 2.75) is 37.6 Å². The lowest BCUT2D eigenvalue weighted by Gasteiger charge is -2.21. The largest absolute Gasteiger partial charge is 0.387 e. The Bertz CT molecular complexity index is 973. The van der Waals surface area contributed by atoms with Crippen LogP contribution in [-0.4, -0.2) is 43.2 Å². The van der Waals surface area contributed by atoms with Gasteiger partial charge in [-0.15, -0.1) is 0 Å². The van der Waals surface area contributed by atoms with E-state index in [1.54, 1.807) is 17.0 Å². The molecule has 1 aliphatic heterocycles. The predicted octanol–water partition coefficient (Wildman–Crippen LogP) is 1.98. The number of aliphatic hydroxyl groups excluding tert-OH is 3. The molecule has 3 aromatic rings. The summed E-state index contributed by atoms with van der Waals surface area (Å²) in [5, 5.41) is 32.2. The quantitative estimate of drug-likeness (QED) is 0.651. The van der Waals surface area contributed by atoms with Crippen molar-refractivity contribution < 1.29 is 28.8 Å². The van der Waals surface area contributed by atoms with Crippen molar-refractivity contribution in [1.29, 1.82) is 0 Å². The second kappa shape index (κ2) is 6.65. The molecule has 4 rings (SSSR count). The van der Waals surface area contributed by atoms with Gasteiger partial charge in [-0.25, -0.2) is 13.8 Å². The van der Waals surface area contributed by atoms with Crippen molar-refractivity contribution in [1.82, 2.24) is 9.55 Å². The highest BCUT2D eigenvalue weighted by Crippen LogP contribution is 2.37. The molecule has 1 aliphatic rings. The Hall–Kier alpha value is -2.39. The molecule has 27 heavy (non-hydrogen) atoms. The van der Waals surface area contributed by atoms with Gasteiger partial charge in [0, 0.05) is 23.8 Å². The van der Waals surface area contributed by atoms with Gasteiger partial charge in [-0.2, -0.15) is 0 Å². The number of benzene rings is 1. The summed E-state index contributed by atoms with van der Waals surface area (Å²) in [6.07, 6.45) is -3.34. The zero-order valence-electron chi connectivity index (χ0n) is 14.3. The first-order chi connectivity index (χ1) is 12.9. The number of hydrogen-bond donors (Lipinski definition) is 3. The molecule has 3 heterocycles. The third-order valence-electron chi connectivity index (χ3n) is 4.92. The molecule has 0 bridgehead atoms. The van der Waals surface area contributed by atoms with E-state index in [1.807, 2.05) is 19.1 Å². The van der Waals surface area contributed by atoms with E-state index in [1.165, 1.54) is 0 Å². The van der Waals surface area contributed by atoms with Gasteiger partial charge in [0.2, 0.25) is 0 Å². The maximum atomic E-state index is 13.4. The van der Waals surface area contributed by atoms with Gasteiger partial charge in [0.25, 0.3) is 0 Å². The van der Waals surface area contributed by atoms with Crippen LogP contribution in [0.15, 0.2) is 42.7 Å². The van der Waals surface area contributed by atoms with E-state index in [0.717, 1.165) is 23.1 Å². The van der Waals surface area contributed by atoms with Crippen LogP contribution < -0.4 is 0 Å². The lowest BCUT2D eigenvalue weighted by molar-refractivity contribution is -0.0849. The molecular formula is C19H18F2N2O4. The van der Waals surface area contributed by atoms with E-state index >= 15 is 0 Å². The molecule has 0 saturated carbocycles. The van der Waals surface area contributed by atoms with Crippen molar-refractivity contribution in [3.05, 3.63) is 65.5 Å².